The van der Waals surface area contributed by atoms with Crippen molar-refractivity contribution >= 4 is 0 Å². The Morgan fingerprint density at radius 3 is 2.85 bits per heavy atom. The zero-order valence-corrected chi connectivity index (χ0v) is 7.40. The number of hydrogen-bond donors (Lipinski definition) is 3. The molecule has 1 aromatic rings. The molecule has 13 heavy (non-hydrogen) atoms. The molecule has 70 valence electrons. The van der Waals surface area contributed by atoms with Gasteiger partial charge in [0, 0.05) is 19.3 Å². The molecule has 2 unspecified atom stereocenters. The fraction of sp³-hybridized carbons (Fsp3) is 0.444. The van der Waals surface area contributed by atoms with Crippen LogP contribution in [0.5, 0.6) is 0 Å². The minimum absolute atomic E-state index is 0.0383. The van der Waals surface area contributed by atoms with E-state index in [0.717, 1.165) is 18.8 Å². The van der Waals surface area contributed by atoms with Gasteiger partial charge in [0.05, 0.1) is 17.9 Å². The maximum absolute atomic E-state index is 5.90. The highest BCUT2D eigenvalue weighted by atomic mass is 15.2. The van der Waals surface area contributed by atoms with E-state index in [1.54, 1.807) is 6.20 Å². The molecule has 2 atom stereocenters. The number of pyridine rings is 1. The molecule has 1 fully saturated rings. The molecule has 4 heteroatoms. The predicted octanol–water partition coefficient (Wildman–Crippen LogP) is -0.400. The third kappa shape index (κ3) is 1.85. The summed E-state index contributed by atoms with van der Waals surface area (Å²) in [5.74, 6) is 0. The van der Waals surface area contributed by atoms with Crippen molar-refractivity contribution in [3.05, 3.63) is 30.1 Å². The van der Waals surface area contributed by atoms with Crippen LogP contribution in [0.15, 0.2) is 24.4 Å². The van der Waals surface area contributed by atoms with E-state index in [9.17, 15) is 0 Å². The maximum Gasteiger partial charge on any atom is 0.0783 e. The van der Waals surface area contributed by atoms with Crippen molar-refractivity contribution in [3.8, 4) is 0 Å². The molecule has 0 bridgehead atoms. The van der Waals surface area contributed by atoms with Crippen LogP contribution in [0, 0.1) is 0 Å². The molecule has 2 heterocycles. The van der Waals surface area contributed by atoms with Gasteiger partial charge in [-0.05, 0) is 12.1 Å². The lowest BCUT2D eigenvalue weighted by Crippen LogP contribution is -2.55. The predicted molar refractivity (Wildman–Crippen MR) is 51.0 cm³/mol. The highest BCUT2D eigenvalue weighted by Crippen LogP contribution is 2.12. The van der Waals surface area contributed by atoms with Crippen molar-refractivity contribution in [2.24, 2.45) is 5.73 Å². The van der Waals surface area contributed by atoms with Crippen molar-refractivity contribution in [2.75, 3.05) is 13.1 Å². The van der Waals surface area contributed by atoms with E-state index >= 15 is 0 Å². The van der Waals surface area contributed by atoms with Crippen LogP contribution in [0.25, 0.3) is 0 Å². The monoisotopic (exact) mass is 178 g/mol. The van der Waals surface area contributed by atoms with Crippen LogP contribution in [0.3, 0.4) is 0 Å². The number of hydrogen-bond acceptors (Lipinski definition) is 4. The Morgan fingerprint density at radius 1 is 1.31 bits per heavy atom. The third-order valence-electron chi connectivity index (χ3n) is 2.23. The van der Waals surface area contributed by atoms with Crippen LogP contribution in [0.1, 0.15) is 11.7 Å². The molecule has 0 radical (unpaired) electrons. The van der Waals surface area contributed by atoms with E-state index in [1.165, 1.54) is 0 Å². The van der Waals surface area contributed by atoms with Crippen molar-refractivity contribution in [1.82, 2.24) is 15.6 Å². The molecule has 0 aliphatic carbocycles. The number of rotatable bonds is 1. The summed E-state index contributed by atoms with van der Waals surface area (Å²) >= 11 is 0. The molecular formula is C9H14N4. The smallest absolute Gasteiger partial charge is 0.0783 e. The third-order valence-corrected chi connectivity index (χ3v) is 2.23. The van der Waals surface area contributed by atoms with Gasteiger partial charge in [-0.15, -0.1) is 0 Å². The molecule has 1 aromatic heterocycles. The quantitative estimate of drug-likeness (QED) is 0.547. The fourth-order valence-electron chi connectivity index (χ4n) is 1.56. The van der Waals surface area contributed by atoms with Gasteiger partial charge in [0.15, 0.2) is 0 Å². The van der Waals surface area contributed by atoms with E-state index in [2.05, 4.69) is 15.6 Å². The van der Waals surface area contributed by atoms with Crippen LogP contribution in [0.4, 0.5) is 0 Å². The van der Waals surface area contributed by atoms with Crippen molar-refractivity contribution < 1.29 is 0 Å². The lowest BCUT2D eigenvalue weighted by Gasteiger charge is -2.30. The first-order valence-corrected chi connectivity index (χ1v) is 4.51. The lowest BCUT2D eigenvalue weighted by atomic mass is 10.1. The minimum Gasteiger partial charge on any atom is -0.314 e. The Labute approximate surface area is 77.5 Å². The minimum atomic E-state index is -0.0383. The summed E-state index contributed by atoms with van der Waals surface area (Å²) in [6.07, 6.45) is 1.75. The Bertz CT molecular complexity index is 262. The van der Waals surface area contributed by atoms with Gasteiger partial charge in [-0.25, -0.2) is 0 Å². The first-order chi connectivity index (χ1) is 6.38. The topological polar surface area (TPSA) is 63.0 Å². The first kappa shape index (κ1) is 8.62. The number of nitrogens with two attached hydrogens (primary N) is 1. The van der Waals surface area contributed by atoms with Gasteiger partial charge < -0.3 is 11.1 Å². The number of piperazine rings is 1. The second kappa shape index (κ2) is 3.83. The van der Waals surface area contributed by atoms with Gasteiger partial charge in [-0.2, -0.15) is 0 Å². The number of nitrogens with one attached hydrogen (secondary N) is 2. The molecule has 0 spiro atoms. The second-order valence-corrected chi connectivity index (χ2v) is 3.17. The summed E-state index contributed by atoms with van der Waals surface area (Å²) < 4.78 is 0. The van der Waals surface area contributed by atoms with E-state index in [-0.39, 0.29) is 12.2 Å². The molecule has 1 aliphatic heterocycles. The first-order valence-electron chi connectivity index (χ1n) is 4.51. The zero-order chi connectivity index (χ0) is 9.10. The standard InChI is InChI=1S/C9H14N4/c10-9-8(12-5-6-13-9)7-3-1-2-4-11-7/h1-4,8-9,12-13H,5-6,10H2. The van der Waals surface area contributed by atoms with Crippen LogP contribution < -0.4 is 16.4 Å². The Morgan fingerprint density at radius 2 is 2.15 bits per heavy atom. The fourth-order valence-corrected chi connectivity index (χ4v) is 1.56. The van der Waals surface area contributed by atoms with E-state index in [1.807, 2.05) is 18.2 Å². The molecule has 0 aromatic carbocycles. The molecule has 1 saturated heterocycles. The normalized spacial score (nSPS) is 28.7. The second-order valence-electron chi connectivity index (χ2n) is 3.17. The van der Waals surface area contributed by atoms with Gasteiger partial charge in [0.2, 0.25) is 0 Å². The highest BCUT2D eigenvalue weighted by molar-refractivity contribution is 5.11. The largest absolute Gasteiger partial charge is 0.314 e. The number of nitrogens with zero attached hydrogens (tertiary/aromatic N) is 1. The molecule has 4 N–H and O–H groups in total. The Kier molecular flexibility index (Phi) is 2.54. The van der Waals surface area contributed by atoms with Gasteiger partial charge in [-0.3, -0.25) is 10.3 Å². The molecule has 0 saturated carbocycles. The summed E-state index contributed by atoms with van der Waals surface area (Å²) in [7, 11) is 0. The molecular weight excluding hydrogens is 164 g/mol. The SMILES string of the molecule is NC1NCCNC1c1ccccn1. The lowest BCUT2D eigenvalue weighted by molar-refractivity contribution is 0.328. The molecule has 2 rings (SSSR count). The molecule has 0 amide bonds. The number of aromatic nitrogens is 1. The van der Waals surface area contributed by atoms with Gasteiger partial charge in [0.25, 0.3) is 0 Å². The average molecular weight is 178 g/mol. The summed E-state index contributed by atoms with van der Waals surface area (Å²) in [4.78, 5) is 4.27. The van der Waals surface area contributed by atoms with E-state index in [4.69, 9.17) is 5.73 Å². The highest BCUT2D eigenvalue weighted by Gasteiger charge is 2.22. The average Bonchev–Trinajstić information content (AvgIpc) is 2.20. The van der Waals surface area contributed by atoms with E-state index in [0.29, 0.717) is 0 Å². The summed E-state index contributed by atoms with van der Waals surface area (Å²) in [5.41, 5.74) is 6.90. The Hall–Kier alpha value is -0.970. The molecule has 1 aliphatic rings. The Balaban J connectivity index is 2.15. The van der Waals surface area contributed by atoms with Gasteiger partial charge in [0.1, 0.15) is 0 Å². The van der Waals surface area contributed by atoms with Crippen LogP contribution >= 0.6 is 0 Å². The maximum atomic E-state index is 5.90. The van der Waals surface area contributed by atoms with Crippen molar-refractivity contribution in [1.29, 1.82) is 0 Å². The van der Waals surface area contributed by atoms with Crippen molar-refractivity contribution in [2.45, 2.75) is 12.2 Å². The molecule has 4 nitrogen and oxygen atoms in total. The zero-order valence-electron chi connectivity index (χ0n) is 7.40. The van der Waals surface area contributed by atoms with Crippen LogP contribution in [0.2, 0.25) is 0 Å². The van der Waals surface area contributed by atoms with Crippen LogP contribution in [-0.4, -0.2) is 24.2 Å². The summed E-state index contributed by atoms with van der Waals surface area (Å²) in [6.45, 7) is 1.86. The van der Waals surface area contributed by atoms with Crippen molar-refractivity contribution in [3.63, 3.8) is 0 Å². The van der Waals surface area contributed by atoms with E-state index < -0.39 is 0 Å². The van der Waals surface area contributed by atoms with Crippen LogP contribution in [-0.2, 0) is 0 Å². The summed E-state index contributed by atoms with van der Waals surface area (Å²) in [6, 6.07) is 6.01. The van der Waals surface area contributed by atoms with Gasteiger partial charge in [-0.1, -0.05) is 6.07 Å². The van der Waals surface area contributed by atoms with Gasteiger partial charge >= 0.3 is 0 Å². The summed E-state index contributed by atoms with van der Waals surface area (Å²) in [5, 5.41) is 6.54.